The molecule has 0 saturated heterocycles. The summed E-state index contributed by atoms with van der Waals surface area (Å²) in [5.74, 6) is -0.750. The van der Waals surface area contributed by atoms with Crippen molar-refractivity contribution in [2.24, 2.45) is 5.92 Å². The van der Waals surface area contributed by atoms with Gasteiger partial charge in [-0.3, -0.25) is 4.79 Å². The van der Waals surface area contributed by atoms with E-state index in [1.54, 1.807) is 6.07 Å². The van der Waals surface area contributed by atoms with Gasteiger partial charge in [0.1, 0.15) is 11.3 Å². The number of alkyl halides is 3. The highest BCUT2D eigenvalue weighted by Crippen LogP contribution is 2.37. The van der Waals surface area contributed by atoms with Gasteiger partial charge >= 0.3 is 6.18 Å². The molecule has 0 aromatic carbocycles. The molecule has 0 unspecified atom stereocenters. The lowest BCUT2D eigenvalue weighted by atomic mass is 9.85. The van der Waals surface area contributed by atoms with Crippen LogP contribution in [0.25, 0.3) is 11.2 Å². The van der Waals surface area contributed by atoms with Gasteiger partial charge in [-0.15, -0.1) is 0 Å². The lowest BCUT2D eigenvalue weighted by Gasteiger charge is -2.31. The van der Waals surface area contributed by atoms with Crippen LogP contribution in [-0.4, -0.2) is 32.7 Å². The van der Waals surface area contributed by atoms with E-state index < -0.39 is 18.1 Å². The number of hydrogen-bond donors (Lipinski definition) is 1. The quantitative estimate of drug-likeness (QED) is 0.825. The van der Waals surface area contributed by atoms with Crippen molar-refractivity contribution >= 4 is 17.1 Å². The first kappa shape index (κ1) is 19.2. The van der Waals surface area contributed by atoms with Gasteiger partial charge in [-0.1, -0.05) is 12.8 Å². The number of imidazole rings is 1. The van der Waals surface area contributed by atoms with Crippen LogP contribution in [0.15, 0.2) is 6.07 Å². The molecular weight excluding hydrogens is 369 g/mol. The largest absolute Gasteiger partial charge is 0.391 e. The Kier molecular flexibility index (Phi) is 5.05. The minimum absolute atomic E-state index is 0.0534. The Bertz CT molecular complexity index is 890. The third-order valence-corrected chi connectivity index (χ3v) is 5.91. The summed E-state index contributed by atoms with van der Waals surface area (Å²) in [5, 5.41) is 2.83. The Balaban J connectivity index is 1.61. The molecule has 4 rings (SSSR count). The number of aromatic nitrogens is 3. The normalized spacial score (nSPS) is 23.3. The molecule has 152 valence electrons. The molecule has 1 aliphatic heterocycles. The molecule has 3 heterocycles. The standard InChI is InChI=1S/C20H25F3N4O/c1-12-10-15(17-18(24-12)27-9-4-2-3-8-16(27)26-17)19(28)25-14-7-5-6-13(11-14)20(21,22)23/h10,13-14H,2-9,11H2,1H3,(H,25,28)/t13-,14-/m1/s1. The van der Waals surface area contributed by atoms with E-state index in [1.165, 1.54) is 0 Å². The summed E-state index contributed by atoms with van der Waals surface area (Å²) in [6.07, 6.45) is 1.04. The molecule has 1 saturated carbocycles. The SMILES string of the molecule is Cc1cc(C(=O)N[C@@H]2CCC[C@@H](C(F)(F)F)C2)c2nc3n(c2n1)CCCCC3. The zero-order valence-electron chi connectivity index (χ0n) is 16.0. The van der Waals surface area contributed by atoms with Crippen LogP contribution in [0.2, 0.25) is 0 Å². The van der Waals surface area contributed by atoms with Crippen LogP contribution >= 0.6 is 0 Å². The fraction of sp³-hybridized carbons (Fsp3) is 0.650. The maximum atomic E-state index is 13.1. The summed E-state index contributed by atoms with van der Waals surface area (Å²) in [5.41, 5.74) is 2.39. The van der Waals surface area contributed by atoms with Gasteiger partial charge in [-0.25, -0.2) is 9.97 Å². The summed E-state index contributed by atoms with van der Waals surface area (Å²) < 4.78 is 41.3. The van der Waals surface area contributed by atoms with E-state index in [1.807, 2.05) is 6.92 Å². The molecule has 2 aromatic heterocycles. The number of pyridine rings is 1. The lowest BCUT2D eigenvalue weighted by Crippen LogP contribution is -2.41. The number of hydrogen-bond acceptors (Lipinski definition) is 3. The Morgan fingerprint density at radius 2 is 2.00 bits per heavy atom. The molecule has 2 atom stereocenters. The number of nitrogens with one attached hydrogen (secondary N) is 1. The number of rotatable bonds is 2. The molecule has 1 fully saturated rings. The minimum atomic E-state index is -4.20. The highest BCUT2D eigenvalue weighted by molar-refractivity contribution is 6.04. The van der Waals surface area contributed by atoms with Gasteiger partial charge in [-0.05, 0) is 45.1 Å². The molecule has 2 aliphatic rings. The van der Waals surface area contributed by atoms with Gasteiger partial charge in [0.15, 0.2) is 5.65 Å². The number of halogens is 3. The first-order chi connectivity index (χ1) is 13.3. The van der Waals surface area contributed by atoms with Crippen LogP contribution in [-0.2, 0) is 13.0 Å². The van der Waals surface area contributed by atoms with E-state index in [0.29, 0.717) is 35.3 Å². The predicted octanol–water partition coefficient (Wildman–Crippen LogP) is 4.32. The molecule has 8 heteroatoms. The fourth-order valence-electron chi connectivity index (χ4n) is 4.47. The van der Waals surface area contributed by atoms with Crippen molar-refractivity contribution < 1.29 is 18.0 Å². The molecule has 1 N–H and O–H groups in total. The van der Waals surface area contributed by atoms with Gasteiger partial charge in [0.25, 0.3) is 5.91 Å². The van der Waals surface area contributed by atoms with Gasteiger partial charge in [0.05, 0.1) is 11.5 Å². The summed E-state index contributed by atoms with van der Waals surface area (Å²) in [6, 6.07) is 1.23. The molecule has 1 amide bonds. The van der Waals surface area contributed by atoms with Crippen LogP contribution in [0.1, 0.15) is 66.8 Å². The molecule has 0 spiro atoms. The number of carbonyl (C=O) groups excluding carboxylic acids is 1. The van der Waals surface area contributed by atoms with Crippen LogP contribution < -0.4 is 5.32 Å². The first-order valence-corrected chi connectivity index (χ1v) is 10.1. The number of aryl methyl sites for hydroxylation is 3. The zero-order valence-corrected chi connectivity index (χ0v) is 16.0. The summed E-state index contributed by atoms with van der Waals surface area (Å²) in [6.45, 7) is 2.66. The van der Waals surface area contributed by atoms with Crippen LogP contribution in [0, 0.1) is 12.8 Å². The number of carbonyl (C=O) groups is 1. The second-order valence-electron chi connectivity index (χ2n) is 8.05. The van der Waals surface area contributed by atoms with Crippen LogP contribution in [0.3, 0.4) is 0 Å². The Labute approximate surface area is 161 Å². The van der Waals surface area contributed by atoms with Crippen LogP contribution in [0.4, 0.5) is 13.2 Å². The number of nitrogens with zero attached hydrogens (tertiary/aromatic N) is 3. The third kappa shape index (κ3) is 3.73. The Morgan fingerprint density at radius 3 is 2.79 bits per heavy atom. The summed E-state index contributed by atoms with van der Waals surface area (Å²) >= 11 is 0. The number of fused-ring (bicyclic) bond motifs is 3. The molecule has 1 aliphatic carbocycles. The van der Waals surface area contributed by atoms with Crippen molar-refractivity contribution in [2.45, 2.75) is 77.1 Å². The highest BCUT2D eigenvalue weighted by atomic mass is 19.4. The average Bonchev–Trinajstić information content (AvgIpc) is 2.82. The molecule has 5 nitrogen and oxygen atoms in total. The van der Waals surface area contributed by atoms with Crippen molar-refractivity contribution in [1.29, 1.82) is 0 Å². The monoisotopic (exact) mass is 394 g/mol. The fourth-order valence-corrected chi connectivity index (χ4v) is 4.47. The van der Waals surface area contributed by atoms with Gasteiger partial charge < -0.3 is 9.88 Å². The predicted molar refractivity (Wildman–Crippen MR) is 99.1 cm³/mol. The number of amides is 1. The maximum absolute atomic E-state index is 13.1. The van der Waals surface area contributed by atoms with E-state index in [-0.39, 0.29) is 18.7 Å². The lowest BCUT2D eigenvalue weighted by molar-refractivity contribution is -0.183. The van der Waals surface area contributed by atoms with Crippen molar-refractivity contribution in [3.8, 4) is 0 Å². The molecular formula is C20H25F3N4O. The second kappa shape index (κ2) is 7.37. The summed E-state index contributed by atoms with van der Waals surface area (Å²) in [4.78, 5) is 22.2. The van der Waals surface area contributed by atoms with Crippen molar-refractivity contribution in [3.63, 3.8) is 0 Å². The third-order valence-electron chi connectivity index (χ3n) is 5.91. The van der Waals surface area contributed by atoms with Gasteiger partial charge in [0, 0.05) is 24.7 Å². The van der Waals surface area contributed by atoms with Crippen molar-refractivity contribution in [1.82, 2.24) is 19.9 Å². The minimum Gasteiger partial charge on any atom is -0.349 e. The molecule has 0 radical (unpaired) electrons. The first-order valence-electron chi connectivity index (χ1n) is 10.1. The smallest absolute Gasteiger partial charge is 0.349 e. The molecule has 28 heavy (non-hydrogen) atoms. The zero-order chi connectivity index (χ0) is 19.9. The van der Waals surface area contributed by atoms with Crippen molar-refractivity contribution in [2.75, 3.05) is 0 Å². The maximum Gasteiger partial charge on any atom is 0.391 e. The van der Waals surface area contributed by atoms with E-state index in [2.05, 4.69) is 19.9 Å². The Morgan fingerprint density at radius 1 is 1.18 bits per heavy atom. The van der Waals surface area contributed by atoms with E-state index in [0.717, 1.165) is 38.1 Å². The second-order valence-corrected chi connectivity index (χ2v) is 8.05. The van der Waals surface area contributed by atoms with E-state index >= 15 is 0 Å². The van der Waals surface area contributed by atoms with E-state index in [9.17, 15) is 18.0 Å². The topological polar surface area (TPSA) is 59.8 Å². The van der Waals surface area contributed by atoms with Crippen LogP contribution in [0.5, 0.6) is 0 Å². The Hall–Kier alpha value is -2.12. The van der Waals surface area contributed by atoms with Crippen molar-refractivity contribution in [3.05, 3.63) is 23.1 Å². The van der Waals surface area contributed by atoms with E-state index in [4.69, 9.17) is 0 Å². The average molecular weight is 394 g/mol. The van der Waals surface area contributed by atoms with Gasteiger partial charge in [0.2, 0.25) is 0 Å². The summed E-state index contributed by atoms with van der Waals surface area (Å²) in [7, 11) is 0. The highest BCUT2D eigenvalue weighted by Gasteiger charge is 2.42. The molecule has 0 bridgehead atoms. The van der Waals surface area contributed by atoms with Gasteiger partial charge in [-0.2, -0.15) is 13.2 Å². The molecule has 2 aromatic rings.